The number of carbonyl (C=O) groups excluding carboxylic acids is 1. The summed E-state index contributed by atoms with van der Waals surface area (Å²) in [6, 6.07) is 19.1. The first-order valence-corrected chi connectivity index (χ1v) is 10.3. The van der Waals surface area contributed by atoms with Crippen molar-refractivity contribution in [1.29, 1.82) is 5.26 Å². The van der Waals surface area contributed by atoms with Gasteiger partial charge >= 0.3 is 0 Å². The average Bonchev–Trinajstić information content (AvgIpc) is 2.83. The summed E-state index contributed by atoms with van der Waals surface area (Å²) in [5, 5.41) is 23.1. The van der Waals surface area contributed by atoms with Gasteiger partial charge in [-0.1, -0.05) is 42.0 Å². The number of nitro groups is 1. The number of hydrogen-bond acceptors (Lipinski definition) is 6. The van der Waals surface area contributed by atoms with E-state index in [0.717, 1.165) is 11.1 Å². The van der Waals surface area contributed by atoms with Gasteiger partial charge in [0.05, 0.1) is 17.7 Å². The molecular weight excluding hydrogens is 434 g/mol. The van der Waals surface area contributed by atoms with Crippen LogP contribution in [0.5, 0.6) is 11.5 Å². The minimum atomic E-state index is -0.676. The van der Waals surface area contributed by atoms with Crippen molar-refractivity contribution < 1.29 is 19.2 Å². The number of aryl methyl sites for hydroxylation is 2. The van der Waals surface area contributed by atoms with E-state index in [1.165, 1.54) is 31.4 Å². The van der Waals surface area contributed by atoms with Crippen LogP contribution in [0.1, 0.15) is 22.3 Å². The molecule has 0 heterocycles. The number of amides is 1. The average molecular weight is 457 g/mol. The molecule has 3 aromatic carbocycles. The molecule has 8 nitrogen and oxygen atoms in total. The Labute approximate surface area is 197 Å². The molecule has 3 aromatic rings. The third-order valence-electron chi connectivity index (χ3n) is 5.06. The topological polar surface area (TPSA) is 114 Å². The number of rotatable bonds is 8. The summed E-state index contributed by atoms with van der Waals surface area (Å²) >= 11 is 0. The second kappa shape index (κ2) is 10.8. The Kier molecular flexibility index (Phi) is 7.62. The fourth-order valence-corrected chi connectivity index (χ4v) is 3.10. The summed E-state index contributed by atoms with van der Waals surface area (Å²) in [7, 11) is 1.50. The lowest BCUT2D eigenvalue weighted by Gasteiger charge is -2.12. The largest absolute Gasteiger partial charge is 0.493 e. The third-order valence-corrected chi connectivity index (χ3v) is 5.06. The highest BCUT2D eigenvalue weighted by Crippen LogP contribution is 2.30. The Balaban J connectivity index is 1.78. The van der Waals surface area contributed by atoms with E-state index in [4.69, 9.17) is 9.47 Å². The fourth-order valence-electron chi connectivity index (χ4n) is 3.10. The summed E-state index contributed by atoms with van der Waals surface area (Å²) in [6.07, 6.45) is 1.41. The summed E-state index contributed by atoms with van der Waals surface area (Å²) in [4.78, 5) is 23.1. The Morgan fingerprint density at radius 2 is 1.82 bits per heavy atom. The van der Waals surface area contributed by atoms with Crippen molar-refractivity contribution in [1.82, 2.24) is 0 Å². The first-order chi connectivity index (χ1) is 16.3. The van der Waals surface area contributed by atoms with E-state index in [2.05, 4.69) is 5.32 Å². The number of non-ortho nitro benzene ring substituents is 1. The van der Waals surface area contributed by atoms with Crippen LogP contribution in [-0.4, -0.2) is 17.9 Å². The molecule has 34 heavy (non-hydrogen) atoms. The van der Waals surface area contributed by atoms with E-state index in [1.54, 1.807) is 25.1 Å². The van der Waals surface area contributed by atoms with Gasteiger partial charge in [0.2, 0.25) is 0 Å². The molecule has 0 aromatic heterocycles. The number of anilines is 1. The van der Waals surface area contributed by atoms with Crippen LogP contribution in [0.2, 0.25) is 0 Å². The Hall–Kier alpha value is -4.64. The molecule has 0 saturated heterocycles. The number of ether oxygens (including phenoxy) is 2. The zero-order valence-electron chi connectivity index (χ0n) is 19.0. The highest BCUT2D eigenvalue weighted by atomic mass is 16.6. The molecule has 1 N–H and O–H groups in total. The van der Waals surface area contributed by atoms with Crippen LogP contribution in [0.25, 0.3) is 6.08 Å². The molecule has 0 atom stereocenters. The number of benzene rings is 3. The van der Waals surface area contributed by atoms with Crippen LogP contribution in [0.15, 0.2) is 66.2 Å². The first kappa shape index (κ1) is 24.0. The van der Waals surface area contributed by atoms with Crippen molar-refractivity contribution in [3.05, 3.63) is 98.6 Å². The third kappa shape index (κ3) is 5.99. The second-order valence-electron chi connectivity index (χ2n) is 7.56. The number of nitro benzene ring substituents is 1. The van der Waals surface area contributed by atoms with E-state index in [1.807, 2.05) is 37.3 Å². The van der Waals surface area contributed by atoms with Crippen LogP contribution >= 0.6 is 0 Å². The number of carbonyl (C=O) groups is 1. The van der Waals surface area contributed by atoms with E-state index in [0.29, 0.717) is 29.2 Å². The van der Waals surface area contributed by atoms with E-state index < -0.39 is 10.8 Å². The van der Waals surface area contributed by atoms with Gasteiger partial charge in [-0.05, 0) is 48.7 Å². The molecule has 0 radical (unpaired) electrons. The molecule has 0 spiro atoms. The lowest BCUT2D eigenvalue weighted by Crippen LogP contribution is -2.14. The molecule has 0 unspecified atom stereocenters. The molecule has 0 saturated carbocycles. The number of nitrogens with zero attached hydrogens (tertiary/aromatic N) is 2. The minimum Gasteiger partial charge on any atom is -0.493 e. The van der Waals surface area contributed by atoms with Crippen molar-refractivity contribution in [2.75, 3.05) is 12.4 Å². The highest BCUT2D eigenvalue weighted by molar-refractivity contribution is 6.10. The SMILES string of the molecule is COc1cc(/C=C(\C#N)C(=O)Nc2cc([N+](=O)[O-])ccc2C)ccc1OCc1ccc(C)cc1. The fraction of sp³-hybridized carbons (Fsp3) is 0.154. The zero-order chi connectivity index (χ0) is 24.7. The van der Waals surface area contributed by atoms with Crippen molar-refractivity contribution in [3.63, 3.8) is 0 Å². The predicted octanol–water partition coefficient (Wildman–Crippen LogP) is 5.34. The molecule has 1 amide bonds. The standard InChI is InChI=1S/C26H23N3O5/c1-17-4-7-19(8-5-17)16-34-24-11-9-20(13-25(24)33-3)12-21(15-27)26(30)28-23-14-22(29(31)32)10-6-18(23)2/h4-14H,16H2,1-3H3,(H,28,30)/b21-12+. The molecule has 8 heteroatoms. The maximum Gasteiger partial charge on any atom is 0.271 e. The predicted molar refractivity (Wildman–Crippen MR) is 129 cm³/mol. The molecular formula is C26H23N3O5. The zero-order valence-corrected chi connectivity index (χ0v) is 19.0. The van der Waals surface area contributed by atoms with Crippen molar-refractivity contribution in [3.8, 4) is 17.6 Å². The van der Waals surface area contributed by atoms with Crippen LogP contribution in [0.4, 0.5) is 11.4 Å². The van der Waals surface area contributed by atoms with Gasteiger partial charge in [0.1, 0.15) is 18.2 Å². The summed E-state index contributed by atoms with van der Waals surface area (Å²) in [6.45, 7) is 4.08. The maximum atomic E-state index is 12.7. The molecule has 0 bridgehead atoms. The summed E-state index contributed by atoms with van der Waals surface area (Å²) in [5.74, 6) is 0.299. The van der Waals surface area contributed by atoms with Gasteiger partial charge in [0.25, 0.3) is 11.6 Å². The van der Waals surface area contributed by atoms with Crippen LogP contribution < -0.4 is 14.8 Å². The van der Waals surface area contributed by atoms with Gasteiger partial charge in [0, 0.05) is 12.1 Å². The minimum absolute atomic E-state index is 0.158. The van der Waals surface area contributed by atoms with Crippen molar-refractivity contribution in [2.24, 2.45) is 0 Å². The molecule has 0 aliphatic carbocycles. The van der Waals surface area contributed by atoms with Gasteiger partial charge < -0.3 is 14.8 Å². The van der Waals surface area contributed by atoms with Crippen LogP contribution in [-0.2, 0) is 11.4 Å². The number of nitriles is 1. The normalized spacial score (nSPS) is 10.8. The second-order valence-corrected chi connectivity index (χ2v) is 7.56. The van der Waals surface area contributed by atoms with Gasteiger partial charge in [0.15, 0.2) is 11.5 Å². The molecule has 172 valence electrons. The van der Waals surface area contributed by atoms with Gasteiger partial charge in [-0.15, -0.1) is 0 Å². The number of methoxy groups -OCH3 is 1. The number of nitrogens with one attached hydrogen (secondary N) is 1. The maximum absolute atomic E-state index is 12.7. The van der Waals surface area contributed by atoms with Gasteiger partial charge in [-0.25, -0.2) is 0 Å². The molecule has 0 fully saturated rings. The Morgan fingerprint density at radius 3 is 2.47 bits per heavy atom. The monoisotopic (exact) mass is 457 g/mol. The summed E-state index contributed by atoms with van der Waals surface area (Å²) < 4.78 is 11.3. The smallest absolute Gasteiger partial charge is 0.271 e. The van der Waals surface area contributed by atoms with E-state index >= 15 is 0 Å². The Morgan fingerprint density at radius 1 is 1.09 bits per heavy atom. The lowest BCUT2D eigenvalue weighted by atomic mass is 10.1. The molecule has 0 aliphatic heterocycles. The van der Waals surface area contributed by atoms with Gasteiger partial charge in [-0.2, -0.15) is 5.26 Å². The van der Waals surface area contributed by atoms with E-state index in [9.17, 15) is 20.2 Å². The van der Waals surface area contributed by atoms with E-state index in [-0.39, 0.29) is 16.9 Å². The van der Waals surface area contributed by atoms with Crippen LogP contribution in [0, 0.1) is 35.3 Å². The Bertz CT molecular complexity index is 1290. The van der Waals surface area contributed by atoms with Crippen molar-refractivity contribution in [2.45, 2.75) is 20.5 Å². The highest BCUT2D eigenvalue weighted by Gasteiger charge is 2.15. The summed E-state index contributed by atoms with van der Waals surface area (Å²) in [5.41, 5.74) is 3.30. The first-order valence-electron chi connectivity index (χ1n) is 10.3. The lowest BCUT2D eigenvalue weighted by molar-refractivity contribution is -0.384. The van der Waals surface area contributed by atoms with Gasteiger partial charge in [-0.3, -0.25) is 14.9 Å². The quantitative estimate of drug-likeness (QED) is 0.211. The van der Waals surface area contributed by atoms with Crippen LogP contribution in [0.3, 0.4) is 0 Å². The molecule has 0 aliphatic rings. The number of hydrogen-bond donors (Lipinski definition) is 1. The van der Waals surface area contributed by atoms with Crippen molar-refractivity contribution >= 4 is 23.4 Å². The molecule has 3 rings (SSSR count).